The largest absolute Gasteiger partial charge is 0.309 e. The van der Waals surface area contributed by atoms with Crippen LogP contribution in [-0.2, 0) is 0 Å². The zero-order valence-corrected chi connectivity index (χ0v) is 26.4. The van der Waals surface area contributed by atoms with E-state index in [1.165, 1.54) is 43.4 Å². The number of fused-ring (bicyclic) bond motifs is 3. The number of nitriles is 1. The molecule has 0 radical (unpaired) electrons. The molecule has 2 aromatic heterocycles. The second-order valence-corrected chi connectivity index (χ2v) is 12.7. The normalized spacial score (nSPS) is 11.7. The van der Waals surface area contributed by atoms with Gasteiger partial charge in [-0.05, 0) is 85.4 Å². The topological polar surface area (TPSA) is 41.6 Å². The van der Waals surface area contributed by atoms with Gasteiger partial charge in [-0.1, -0.05) is 121 Å². The number of hydrogen-bond donors (Lipinski definition) is 0. The lowest BCUT2D eigenvalue weighted by Gasteiger charge is -2.16. The molecular weight excluding hydrogens is 595 g/mol. The number of pyridine rings is 1. The fraction of sp³-hybridized carbons (Fsp3) is 0. The lowest BCUT2D eigenvalue weighted by molar-refractivity contribution is 1.18. The molecule has 0 aliphatic heterocycles. The maximum Gasteiger partial charge on any atom is 0.0992 e. The minimum atomic E-state index is 0.649. The van der Waals surface area contributed by atoms with E-state index in [4.69, 9.17) is 4.98 Å². The number of rotatable bonds is 4. The highest BCUT2D eigenvalue weighted by Crippen LogP contribution is 2.42. The standard InChI is InChI=1S/C46H27N3/c47-27-29-11-18-38-39-21-16-33(26-44(39)49(43(38)25-29)35-9-5-2-6-10-35)34-17-24-42(48-28-34)37-20-13-32-14-22-40-36(30-7-3-1-4-8-30)19-12-31-15-23-41(37)46(32)45(31)40/h1-26,28H. The summed E-state index contributed by atoms with van der Waals surface area (Å²) >= 11 is 0. The van der Waals surface area contributed by atoms with Gasteiger partial charge in [0.1, 0.15) is 0 Å². The van der Waals surface area contributed by atoms with Crippen LogP contribution in [0.2, 0.25) is 0 Å². The minimum absolute atomic E-state index is 0.649. The molecule has 226 valence electrons. The van der Waals surface area contributed by atoms with Crippen LogP contribution in [0.5, 0.6) is 0 Å². The fourth-order valence-electron chi connectivity index (χ4n) is 7.74. The van der Waals surface area contributed by atoms with E-state index in [2.05, 4.69) is 150 Å². The summed E-state index contributed by atoms with van der Waals surface area (Å²) in [6, 6.07) is 58.2. The van der Waals surface area contributed by atoms with Gasteiger partial charge in [-0.15, -0.1) is 0 Å². The molecule has 3 heteroatoms. The molecule has 0 saturated heterocycles. The summed E-state index contributed by atoms with van der Waals surface area (Å²) in [7, 11) is 0. The Kier molecular flexibility index (Phi) is 5.94. The molecular formula is C46H27N3. The third-order valence-electron chi connectivity index (χ3n) is 10.0. The third kappa shape index (κ3) is 4.18. The molecule has 0 bridgehead atoms. The van der Waals surface area contributed by atoms with Gasteiger partial charge in [0, 0.05) is 33.8 Å². The molecule has 0 aliphatic rings. The zero-order valence-electron chi connectivity index (χ0n) is 26.4. The van der Waals surface area contributed by atoms with E-state index in [9.17, 15) is 5.26 Å². The SMILES string of the molecule is N#Cc1ccc2c3ccc(-c4ccc(-c5ccc6ccc7c(-c8ccccc8)ccc8ccc5c6c87)nc4)cc3n(-c3ccccc3)c2c1. The Hall–Kier alpha value is -6.76. The maximum absolute atomic E-state index is 9.65. The maximum atomic E-state index is 9.65. The monoisotopic (exact) mass is 621 g/mol. The van der Waals surface area contributed by atoms with Crippen LogP contribution in [0.3, 0.4) is 0 Å². The van der Waals surface area contributed by atoms with Gasteiger partial charge in [0.2, 0.25) is 0 Å². The molecule has 3 nitrogen and oxygen atoms in total. The van der Waals surface area contributed by atoms with E-state index < -0.39 is 0 Å². The zero-order chi connectivity index (χ0) is 32.5. The first-order chi connectivity index (χ1) is 24.2. The molecule has 0 unspecified atom stereocenters. The van der Waals surface area contributed by atoms with Crippen molar-refractivity contribution in [2.75, 3.05) is 0 Å². The molecule has 0 N–H and O–H groups in total. The van der Waals surface area contributed by atoms with Crippen LogP contribution >= 0.6 is 0 Å². The summed E-state index contributed by atoms with van der Waals surface area (Å²) in [4.78, 5) is 5.06. The second kappa shape index (κ2) is 10.6. The van der Waals surface area contributed by atoms with Gasteiger partial charge in [0.25, 0.3) is 0 Å². The second-order valence-electron chi connectivity index (χ2n) is 12.7. The molecule has 0 fully saturated rings. The van der Waals surface area contributed by atoms with Crippen LogP contribution < -0.4 is 0 Å². The molecule has 0 amide bonds. The Morgan fingerprint density at radius 2 is 1.06 bits per heavy atom. The van der Waals surface area contributed by atoms with Crippen molar-refractivity contribution in [1.29, 1.82) is 5.26 Å². The van der Waals surface area contributed by atoms with Gasteiger partial charge in [-0.2, -0.15) is 5.26 Å². The molecule has 10 aromatic rings. The van der Waals surface area contributed by atoms with Crippen molar-refractivity contribution in [3.05, 3.63) is 169 Å². The van der Waals surface area contributed by atoms with Gasteiger partial charge >= 0.3 is 0 Å². The van der Waals surface area contributed by atoms with Gasteiger partial charge < -0.3 is 4.57 Å². The van der Waals surface area contributed by atoms with Gasteiger partial charge in [-0.3, -0.25) is 4.98 Å². The van der Waals surface area contributed by atoms with Gasteiger partial charge in [-0.25, -0.2) is 0 Å². The minimum Gasteiger partial charge on any atom is -0.309 e. The Balaban J connectivity index is 1.10. The van der Waals surface area contributed by atoms with Crippen LogP contribution in [0.25, 0.3) is 93.3 Å². The molecule has 0 aliphatic carbocycles. The van der Waals surface area contributed by atoms with Crippen LogP contribution in [0.15, 0.2) is 164 Å². The molecule has 49 heavy (non-hydrogen) atoms. The first kappa shape index (κ1) is 27.4. The Bertz CT molecular complexity index is 2910. The lowest BCUT2D eigenvalue weighted by Crippen LogP contribution is -1.94. The number of hydrogen-bond acceptors (Lipinski definition) is 2. The van der Waals surface area contributed by atoms with E-state index in [1.807, 2.05) is 24.4 Å². The number of aromatic nitrogens is 2. The number of benzene rings is 8. The number of nitrogens with zero attached hydrogens (tertiary/aromatic N) is 3. The highest BCUT2D eigenvalue weighted by Gasteiger charge is 2.17. The molecule has 0 atom stereocenters. The van der Waals surface area contributed by atoms with Crippen molar-refractivity contribution in [2.45, 2.75) is 0 Å². The van der Waals surface area contributed by atoms with E-state index >= 15 is 0 Å². The van der Waals surface area contributed by atoms with E-state index in [-0.39, 0.29) is 0 Å². The van der Waals surface area contributed by atoms with Crippen molar-refractivity contribution in [3.63, 3.8) is 0 Å². The Morgan fingerprint density at radius 3 is 1.76 bits per heavy atom. The molecule has 8 aromatic carbocycles. The highest BCUT2D eigenvalue weighted by atomic mass is 15.0. The molecule has 0 spiro atoms. The van der Waals surface area contributed by atoms with E-state index in [1.54, 1.807) is 0 Å². The molecule has 10 rings (SSSR count). The van der Waals surface area contributed by atoms with Crippen LogP contribution in [0, 0.1) is 11.3 Å². The summed E-state index contributed by atoms with van der Waals surface area (Å²) < 4.78 is 2.25. The first-order valence-corrected chi connectivity index (χ1v) is 16.5. The van der Waals surface area contributed by atoms with Crippen LogP contribution in [0.4, 0.5) is 0 Å². The van der Waals surface area contributed by atoms with Crippen LogP contribution in [-0.4, -0.2) is 9.55 Å². The fourth-order valence-corrected chi connectivity index (χ4v) is 7.74. The molecule has 2 heterocycles. The van der Waals surface area contributed by atoms with Crippen molar-refractivity contribution in [3.8, 4) is 45.3 Å². The summed E-state index contributed by atoms with van der Waals surface area (Å²) in [6.07, 6.45) is 1.99. The highest BCUT2D eigenvalue weighted by molar-refractivity contribution is 6.27. The van der Waals surface area contributed by atoms with Gasteiger partial charge in [0.05, 0.1) is 28.4 Å². The van der Waals surface area contributed by atoms with Crippen molar-refractivity contribution in [2.24, 2.45) is 0 Å². The summed E-state index contributed by atoms with van der Waals surface area (Å²) in [5.74, 6) is 0. The van der Waals surface area contributed by atoms with E-state index in [0.29, 0.717) is 5.56 Å². The van der Waals surface area contributed by atoms with Crippen molar-refractivity contribution >= 4 is 54.1 Å². The van der Waals surface area contributed by atoms with Crippen molar-refractivity contribution in [1.82, 2.24) is 9.55 Å². The third-order valence-corrected chi connectivity index (χ3v) is 10.0. The number of para-hydroxylation sites is 1. The average Bonchev–Trinajstić information content (AvgIpc) is 3.50. The molecule has 0 saturated carbocycles. The van der Waals surface area contributed by atoms with Crippen LogP contribution in [0.1, 0.15) is 5.56 Å². The Labute approximate surface area is 282 Å². The van der Waals surface area contributed by atoms with E-state index in [0.717, 1.165) is 49.9 Å². The Morgan fingerprint density at radius 1 is 0.469 bits per heavy atom. The predicted molar refractivity (Wildman–Crippen MR) is 203 cm³/mol. The predicted octanol–water partition coefficient (Wildman–Crippen LogP) is 11.9. The smallest absolute Gasteiger partial charge is 0.0992 e. The first-order valence-electron chi connectivity index (χ1n) is 16.5. The van der Waals surface area contributed by atoms with Crippen molar-refractivity contribution < 1.29 is 0 Å². The lowest BCUT2D eigenvalue weighted by atomic mass is 9.88. The summed E-state index contributed by atoms with van der Waals surface area (Å²) in [5, 5.41) is 19.5. The summed E-state index contributed by atoms with van der Waals surface area (Å²) in [5.41, 5.74) is 10.5. The summed E-state index contributed by atoms with van der Waals surface area (Å²) in [6.45, 7) is 0. The average molecular weight is 622 g/mol. The quantitative estimate of drug-likeness (QED) is 0.184. The van der Waals surface area contributed by atoms with Gasteiger partial charge in [0.15, 0.2) is 0 Å².